The molecule has 5 heteroatoms. The van der Waals surface area contributed by atoms with Crippen molar-refractivity contribution >= 4 is 12.0 Å². The maximum Gasteiger partial charge on any atom is 0.323 e. The average Bonchev–Trinajstić information content (AvgIpc) is 2.93. The molecule has 3 aliphatic carbocycles. The van der Waals surface area contributed by atoms with E-state index in [2.05, 4.69) is 5.32 Å². The lowest BCUT2D eigenvalue weighted by Gasteiger charge is -2.27. The van der Waals surface area contributed by atoms with Gasteiger partial charge < -0.3 is 15.3 Å². The summed E-state index contributed by atoms with van der Waals surface area (Å²) in [6.07, 6.45) is 7.09. The molecule has 3 saturated carbocycles. The highest BCUT2D eigenvalue weighted by molar-refractivity contribution is 5.80. The van der Waals surface area contributed by atoms with Crippen molar-refractivity contribution < 1.29 is 14.7 Å². The third-order valence-corrected chi connectivity index (χ3v) is 4.84. The van der Waals surface area contributed by atoms with E-state index in [0.29, 0.717) is 18.4 Å². The van der Waals surface area contributed by atoms with Gasteiger partial charge in [-0.2, -0.15) is 0 Å². The molecule has 2 N–H and O–H groups in total. The molecule has 106 valence electrons. The molecule has 3 atom stereocenters. The van der Waals surface area contributed by atoms with Gasteiger partial charge in [0.1, 0.15) is 6.54 Å². The topological polar surface area (TPSA) is 69.6 Å². The minimum atomic E-state index is -0.927. The van der Waals surface area contributed by atoms with E-state index in [1.165, 1.54) is 24.2 Å². The molecule has 2 bridgehead atoms. The van der Waals surface area contributed by atoms with Crippen molar-refractivity contribution in [3.8, 4) is 0 Å². The highest BCUT2D eigenvalue weighted by Crippen LogP contribution is 2.44. The minimum Gasteiger partial charge on any atom is -0.480 e. The number of hydrogen-bond donors (Lipinski definition) is 2. The first kappa shape index (κ1) is 12.8. The van der Waals surface area contributed by atoms with Crippen LogP contribution in [0.1, 0.15) is 38.5 Å². The van der Waals surface area contributed by atoms with Gasteiger partial charge >= 0.3 is 12.0 Å². The number of carbonyl (C=O) groups excluding carboxylic acids is 1. The Morgan fingerprint density at radius 1 is 1.16 bits per heavy atom. The highest BCUT2D eigenvalue weighted by Gasteiger charge is 2.41. The Kier molecular flexibility index (Phi) is 3.37. The van der Waals surface area contributed by atoms with Gasteiger partial charge in [0, 0.05) is 12.6 Å². The van der Waals surface area contributed by atoms with Crippen LogP contribution in [0, 0.1) is 17.8 Å². The lowest BCUT2D eigenvalue weighted by molar-refractivity contribution is -0.137. The maximum atomic E-state index is 12.2. The molecular weight excluding hydrogens is 244 g/mol. The van der Waals surface area contributed by atoms with E-state index in [4.69, 9.17) is 5.11 Å². The number of nitrogens with zero attached hydrogens (tertiary/aromatic N) is 1. The third kappa shape index (κ3) is 3.01. The molecule has 0 saturated heterocycles. The Balaban J connectivity index is 1.55. The summed E-state index contributed by atoms with van der Waals surface area (Å²) in [5, 5.41) is 12.0. The summed E-state index contributed by atoms with van der Waals surface area (Å²) in [5.74, 6) is 1.00. The molecule has 3 fully saturated rings. The Hall–Kier alpha value is -1.26. The standard InChI is InChI=1S/C14H22N2O3/c17-13(18)8-16(7-9-1-2-9)14(19)15-12-6-10-3-4-11(12)5-10/h9-12H,1-8H2,(H,15,19)(H,17,18). The molecule has 3 rings (SSSR count). The second-order valence-electron chi connectivity index (χ2n) is 6.45. The minimum absolute atomic E-state index is 0.174. The number of urea groups is 1. The predicted octanol–water partition coefficient (Wildman–Crippen LogP) is 1.68. The fourth-order valence-electron chi connectivity index (χ4n) is 3.67. The van der Waals surface area contributed by atoms with E-state index in [1.54, 1.807) is 0 Å². The molecule has 0 aromatic rings. The van der Waals surface area contributed by atoms with E-state index in [9.17, 15) is 9.59 Å². The Bertz CT molecular complexity index is 381. The predicted molar refractivity (Wildman–Crippen MR) is 69.7 cm³/mol. The number of carboxylic acid groups (broad SMARTS) is 1. The van der Waals surface area contributed by atoms with Crippen molar-refractivity contribution in [2.75, 3.05) is 13.1 Å². The summed E-state index contributed by atoms with van der Waals surface area (Å²) >= 11 is 0. The normalized spacial score (nSPS) is 32.3. The van der Waals surface area contributed by atoms with Crippen molar-refractivity contribution in [3.63, 3.8) is 0 Å². The number of carbonyl (C=O) groups is 2. The van der Waals surface area contributed by atoms with Gasteiger partial charge in [0.25, 0.3) is 0 Å². The fourth-order valence-corrected chi connectivity index (χ4v) is 3.67. The molecule has 0 heterocycles. The number of fused-ring (bicyclic) bond motifs is 2. The molecule has 0 aliphatic heterocycles. The van der Waals surface area contributed by atoms with Crippen LogP contribution in [0.2, 0.25) is 0 Å². The summed E-state index contributed by atoms with van der Waals surface area (Å²) in [6.45, 7) is 0.419. The monoisotopic (exact) mass is 266 g/mol. The van der Waals surface area contributed by atoms with Crippen molar-refractivity contribution in [2.45, 2.75) is 44.6 Å². The van der Waals surface area contributed by atoms with Crippen LogP contribution in [0.3, 0.4) is 0 Å². The summed E-state index contributed by atoms with van der Waals surface area (Å²) < 4.78 is 0. The van der Waals surface area contributed by atoms with E-state index in [0.717, 1.165) is 25.2 Å². The average molecular weight is 266 g/mol. The summed E-state index contributed by atoms with van der Waals surface area (Å²) in [4.78, 5) is 24.6. The Labute approximate surface area is 113 Å². The summed E-state index contributed by atoms with van der Waals surface area (Å²) in [6, 6.07) is 0.105. The Morgan fingerprint density at radius 3 is 2.47 bits per heavy atom. The number of hydrogen-bond acceptors (Lipinski definition) is 2. The second-order valence-corrected chi connectivity index (χ2v) is 6.45. The van der Waals surface area contributed by atoms with E-state index in [-0.39, 0.29) is 18.6 Å². The van der Waals surface area contributed by atoms with Crippen LogP contribution in [-0.4, -0.2) is 41.1 Å². The molecule has 3 aliphatic rings. The molecule has 5 nitrogen and oxygen atoms in total. The zero-order chi connectivity index (χ0) is 13.4. The van der Waals surface area contributed by atoms with Gasteiger partial charge in [0.2, 0.25) is 0 Å². The van der Waals surface area contributed by atoms with Gasteiger partial charge in [-0.1, -0.05) is 6.42 Å². The van der Waals surface area contributed by atoms with Crippen LogP contribution in [0.4, 0.5) is 4.79 Å². The van der Waals surface area contributed by atoms with Gasteiger partial charge in [-0.3, -0.25) is 4.79 Å². The van der Waals surface area contributed by atoms with E-state index >= 15 is 0 Å². The molecule has 0 aromatic heterocycles. The van der Waals surface area contributed by atoms with E-state index in [1.807, 2.05) is 0 Å². The van der Waals surface area contributed by atoms with Gasteiger partial charge in [-0.15, -0.1) is 0 Å². The number of rotatable bonds is 5. The third-order valence-electron chi connectivity index (χ3n) is 4.84. The van der Waals surface area contributed by atoms with Gasteiger partial charge in [-0.05, 0) is 49.9 Å². The van der Waals surface area contributed by atoms with Crippen LogP contribution in [0.25, 0.3) is 0 Å². The highest BCUT2D eigenvalue weighted by atomic mass is 16.4. The molecule has 19 heavy (non-hydrogen) atoms. The molecule has 0 aromatic carbocycles. The first-order valence-electron chi connectivity index (χ1n) is 7.39. The molecule has 0 spiro atoms. The van der Waals surface area contributed by atoms with Crippen molar-refractivity contribution in [1.82, 2.24) is 10.2 Å². The smallest absolute Gasteiger partial charge is 0.323 e. The maximum absolute atomic E-state index is 12.2. The SMILES string of the molecule is O=C(O)CN(CC1CC1)C(=O)NC1CC2CCC1C2. The quantitative estimate of drug-likeness (QED) is 0.795. The number of amides is 2. The zero-order valence-corrected chi connectivity index (χ0v) is 11.2. The second kappa shape index (κ2) is 5.02. The molecular formula is C14H22N2O3. The van der Waals surface area contributed by atoms with Crippen LogP contribution < -0.4 is 5.32 Å². The number of nitrogens with one attached hydrogen (secondary N) is 1. The summed E-state index contributed by atoms with van der Waals surface area (Å²) in [5.41, 5.74) is 0. The first-order valence-corrected chi connectivity index (χ1v) is 7.39. The molecule has 3 unspecified atom stereocenters. The lowest BCUT2D eigenvalue weighted by Crippen LogP contribution is -2.48. The Morgan fingerprint density at radius 2 is 1.95 bits per heavy atom. The lowest BCUT2D eigenvalue weighted by atomic mass is 9.95. The van der Waals surface area contributed by atoms with Gasteiger partial charge in [-0.25, -0.2) is 4.79 Å². The van der Waals surface area contributed by atoms with Crippen molar-refractivity contribution in [2.24, 2.45) is 17.8 Å². The number of carboxylic acids is 1. The van der Waals surface area contributed by atoms with Crippen LogP contribution in [-0.2, 0) is 4.79 Å². The summed E-state index contributed by atoms with van der Waals surface area (Å²) in [7, 11) is 0. The zero-order valence-electron chi connectivity index (χ0n) is 11.2. The van der Waals surface area contributed by atoms with Crippen LogP contribution in [0.15, 0.2) is 0 Å². The van der Waals surface area contributed by atoms with Crippen LogP contribution >= 0.6 is 0 Å². The fraction of sp³-hybridized carbons (Fsp3) is 0.857. The van der Waals surface area contributed by atoms with Gasteiger partial charge in [0.05, 0.1) is 0 Å². The van der Waals surface area contributed by atoms with Gasteiger partial charge in [0.15, 0.2) is 0 Å². The van der Waals surface area contributed by atoms with E-state index < -0.39 is 5.97 Å². The molecule has 2 amide bonds. The largest absolute Gasteiger partial charge is 0.480 e. The first-order chi connectivity index (χ1) is 9.11. The van der Waals surface area contributed by atoms with Crippen LogP contribution in [0.5, 0.6) is 0 Å². The molecule has 0 radical (unpaired) electrons. The van der Waals surface area contributed by atoms with Crippen molar-refractivity contribution in [1.29, 1.82) is 0 Å². The number of aliphatic carboxylic acids is 1. The van der Waals surface area contributed by atoms with Crippen molar-refractivity contribution in [3.05, 3.63) is 0 Å².